The second-order valence-corrected chi connectivity index (χ2v) is 5.06. The molecule has 0 aliphatic rings. The molecular formula is C8H4Cl2N2S2. The van der Waals surface area contributed by atoms with Crippen molar-refractivity contribution in [3.63, 3.8) is 0 Å². The first-order chi connectivity index (χ1) is 6.66. The summed E-state index contributed by atoms with van der Waals surface area (Å²) in [4.78, 5) is 0. The smallest absolute Gasteiger partial charge is 0.137 e. The van der Waals surface area contributed by atoms with Gasteiger partial charge < -0.3 is 0 Å². The first-order valence-electron chi connectivity index (χ1n) is 3.65. The molecule has 2 nitrogen and oxygen atoms in total. The highest BCUT2D eigenvalue weighted by Crippen LogP contribution is 2.32. The van der Waals surface area contributed by atoms with Crippen LogP contribution < -0.4 is 0 Å². The molecule has 0 aliphatic heterocycles. The van der Waals surface area contributed by atoms with Crippen molar-refractivity contribution in [3.05, 3.63) is 28.2 Å². The van der Waals surface area contributed by atoms with Gasteiger partial charge in [0, 0.05) is 10.6 Å². The van der Waals surface area contributed by atoms with Crippen LogP contribution in [0.3, 0.4) is 0 Å². The molecule has 72 valence electrons. The molecule has 2 rings (SSSR count). The number of benzene rings is 1. The molecular weight excluding hydrogens is 259 g/mol. The predicted octanol–water partition coefficient (Wildman–Crippen LogP) is 3.80. The molecule has 1 heterocycles. The zero-order chi connectivity index (χ0) is 10.1. The molecule has 0 spiro atoms. The van der Waals surface area contributed by atoms with Crippen molar-refractivity contribution in [1.82, 2.24) is 10.2 Å². The fraction of sp³-hybridized carbons (Fsp3) is 0. The van der Waals surface area contributed by atoms with Gasteiger partial charge in [0.1, 0.15) is 5.01 Å². The van der Waals surface area contributed by atoms with Crippen LogP contribution in [-0.4, -0.2) is 10.2 Å². The van der Waals surface area contributed by atoms with Gasteiger partial charge >= 0.3 is 0 Å². The lowest BCUT2D eigenvalue weighted by Crippen LogP contribution is -1.78. The molecule has 0 fully saturated rings. The molecule has 1 aromatic carbocycles. The average Bonchev–Trinajstić information content (AvgIpc) is 2.51. The summed E-state index contributed by atoms with van der Waals surface area (Å²) in [7, 11) is 0. The van der Waals surface area contributed by atoms with E-state index in [1.54, 1.807) is 12.1 Å². The maximum Gasteiger partial charge on any atom is 0.171 e. The Morgan fingerprint density at radius 1 is 1.21 bits per heavy atom. The molecule has 0 saturated heterocycles. The van der Waals surface area contributed by atoms with Crippen LogP contribution in [0, 0.1) is 0 Å². The number of halogens is 2. The van der Waals surface area contributed by atoms with E-state index in [0.717, 1.165) is 10.6 Å². The third kappa shape index (κ3) is 2.03. The summed E-state index contributed by atoms with van der Waals surface area (Å²) in [6, 6.07) is 5.26. The molecule has 0 atom stereocenters. The Morgan fingerprint density at radius 2 is 2.00 bits per heavy atom. The van der Waals surface area contributed by atoms with E-state index in [1.807, 2.05) is 6.07 Å². The van der Waals surface area contributed by atoms with Crippen LogP contribution in [0.5, 0.6) is 0 Å². The van der Waals surface area contributed by atoms with Crippen molar-refractivity contribution in [3.8, 4) is 10.6 Å². The number of hydrogen-bond donors (Lipinski definition) is 1. The topological polar surface area (TPSA) is 25.8 Å². The molecule has 6 heteroatoms. The fourth-order valence-corrected chi connectivity index (χ4v) is 2.47. The number of rotatable bonds is 1. The fourth-order valence-electron chi connectivity index (χ4n) is 0.987. The molecule has 0 saturated carbocycles. The highest BCUT2D eigenvalue weighted by atomic mass is 35.5. The Bertz CT molecular complexity index is 470. The lowest BCUT2D eigenvalue weighted by atomic mass is 10.2. The quantitative estimate of drug-likeness (QED) is 0.792. The zero-order valence-corrected chi connectivity index (χ0v) is 9.96. The first kappa shape index (κ1) is 10.2. The summed E-state index contributed by atoms with van der Waals surface area (Å²) in [6.45, 7) is 0. The summed E-state index contributed by atoms with van der Waals surface area (Å²) in [5.74, 6) is 0. The largest absolute Gasteiger partial charge is 0.171 e. The van der Waals surface area contributed by atoms with Gasteiger partial charge in [0.25, 0.3) is 0 Å². The molecule has 2 aromatic rings. The van der Waals surface area contributed by atoms with Gasteiger partial charge in [-0.15, -0.1) is 22.8 Å². The van der Waals surface area contributed by atoms with Crippen LogP contribution in [0.15, 0.2) is 22.5 Å². The summed E-state index contributed by atoms with van der Waals surface area (Å²) in [5.41, 5.74) is 0.828. The Labute approximate surface area is 100 Å². The minimum absolute atomic E-state index is 0.571. The molecule has 1 aromatic heterocycles. The third-order valence-corrected chi connectivity index (χ3v) is 3.25. The molecule has 0 radical (unpaired) electrons. The highest BCUT2D eigenvalue weighted by Gasteiger charge is 2.08. The maximum absolute atomic E-state index is 6.00. The van der Waals surface area contributed by atoms with E-state index in [4.69, 9.17) is 23.2 Å². The molecule has 0 bridgehead atoms. The van der Waals surface area contributed by atoms with Gasteiger partial charge in [-0.25, -0.2) is 0 Å². The van der Waals surface area contributed by atoms with Gasteiger partial charge in [0.15, 0.2) is 4.34 Å². The van der Waals surface area contributed by atoms with Gasteiger partial charge in [-0.1, -0.05) is 34.5 Å². The van der Waals surface area contributed by atoms with Crippen LogP contribution in [-0.2, 0) is 0 Å². The summed E-state index contributed by atoms with van der Waals surface area (Å²) in [5, 5.41) is 9.66. The van der Waals surface area contributed by atoms with E-state index < -0.39 is 0 Å². The van der Waals surface area contributed by atoms with Gasteiger partial charge in [0.2, 0.25) is 0 Å². The zero-order valence-electron chi connectivity index (χ0n) is 6.74. The second-order valence-electron chi connectivity index (χ2n) is 2.51. The molecule has 14 heavy (non-hydrogen) atoms. The van der Waals surface area contributed by atoms with Crippen LogP contribution in [0.25, 0.3) is 10.6 Å². The second kappa shape index (κ2) is 4.06. The lowest BCUT2D eigenvalue weighted by Gasteiger charge is -1.98. The monoisotopic (exact) mass is 262 g/mol. The van der Waals surface area contributed by atoms with Gasteiger partial charge in [-0.3, -0.25) is 0 Å². The Kier molecular flexibility index (Phi) is 2.97. The van der Waals surface area contributed by atoms with Crippen LogP contribution in [0.2, 0.25) is 10.0 Å². The lowest BCUT2D eigenvalue weighted by molar-refractivity contribution is 1.02. The number of nitrogens with zero attached hydrogens (tertiary/aromatic N) is 2. The van der Waals surface area contributed by atoms with Crippen molar-refractivity contribution < 1.29 is 0 Å². The Hall–Kier alpha value is -0.290. The molecule has 0 N–H and O–H groups in total. The van der Waals surface area contributed by atoms with Gasteiger partial charge in [-0.2, -0.15) is 0 Å². The van der Waals surface area contributed by atoms with Crippen LogP contribution >= 0.6 is 47.2 Å². The summed E-state index contributed by atoms with van der Waals surface area (Å²) < 4.78 is 0.617. The van der Waals surface area contributed by atoms with Crippen molar-refractivity contribution in [1.29, 1.82) is 0 Å². The van der Waals surface area contributed by atoms with E-state index in [0.29, 0.717) is 14.4 Å². The summed E-state index contributed by atoms with van der Waals surface area (Å²) in [6.07, 6.45) is 0. The standard InChI is InChI=1S/C8H4Cl2N2S2/c9-4-1-2-5(6(10)3-4)7-11-12-8(13)14-7/h1-3H,(H,12,13). The Balaban J connectivity index is 2.52. The maximum atomic E-state index is 6.00. The number of hydrogen-bond acceptors (Lipinski definition) is 4. The molecule has 0 amide bonds. The number of aromatic nitrogens is 2. The van der Waals surface area contributed by atoms with Crippen molar-refractivity contribution in [2.75, 3.05) is 0 Å². The van der Waals surface area contributed by atoms with Crippen molar-refractivity contribution in [2.24, 2.45) is 0 Å². The highest BCUT2D eigenvalue weighted by molar-refractivity contribution is 7.82. The van der Waals surface area contributed by atoms with Crippen LogP contribution in [0.4, 0.5) is 0 Å². The average molecular weight is 263 g/mol. The van der Waals surface area contributed by atoms with E-state index in [-0.39, 0.29) is 0 Å². The van der Waals surface area contributed by atoms with E-state index in [1.165, 1.54) is 11.3 Å². The van der Waals surface area contributed by atoms with Gasteiger partial charge in [-0.05, 0) is 18.2 Å². The third-order valence-electron chi connectivity index (χ3n) is 1.58. The normalized spacial score (nSPS) is 10.5. The Morgan fingerprint density at radius 3 is 2.57 bits per heavy atom. The predicted molar refractivity (Wildman–Crippen MR) is 62.6 cm³/mol. The first-order valence-corrected chi connectivity index (χ1v) is 5.66. The van der Waals surface area contributed by atoms with Crippen molar-refractivity contribution >= 4 is 47.2 Å². The van der Waals surface area contributed by atoms with E-state index in [2.05, 4.69) is 22.8 Å². The molecule has 0 unspecified atom stereocenters. The van der Waals surface area contributed by atoms with Gasteiger partial charge in [0.05, 0.1) is 5.02 Å². The van der Waals surface area contributed by atoms with Crippen molar-refractivity contribution in [2.45, 2.75) is 4.34 Å². The van der Waals surface area contributed by atoms with E-state index >= 15 is 0 Å². The van der Waals surface area contributed by atoms with Crippen LogP contribution in [0.1, 0.15) is 0 Å². The summed E-state index contributed by atoms with van der Waals surface area (Å²) >= 11 is 17.2. The number of thiol groups is 1. The van der Waals surface area contributed by atoms with E-state index in [9.17, 15) is 0 Å². The molecule has 0 aliphatic carbocycles. The SMILES string of the molecule is Sc1nnc(-c2ccc(Cl)cc2Cl)s1. The minimum Gasteiger partial charge on any atom is -0.137 e. The minimum atomic E-state index is 0.571.